The first kappa shape index (κ1) is 35.8. The van der Waals surface area contributed by atoms with Crippen LogP contribution in [0.5, 0.6) is 0 Å². The lowest BCUT2D eigenvalue weighted by Crippen LogP contribution is -2.68. The summed E-state index contributed by atoms with van der Waals surface area (Å²) in [5, 5.41) is 2.42. The minimum absolute atomic E-state index is 0.0362. The third-order valence-electron chi connectivity index (χ3n) is 13.9. The Hall–Kier alpha value is -7.88. The molecule has 3 nitrogen and oxygen atoms in total. The van der Waals surface area contributed by atoms with E-state index in [-0.39, 0.29) is 13.4 Å². The van der Waals surface area contributed by atoms with Gasteiger partial charge in [-0.2, -0.15) is 0 Å². The van der Waals surface area contributed by atoms with Crippen molar-refractivity contribution in [3.8, 4) is 0 Å². The highest BCUT2D eigenvalue weighted by Crippen LogP contribution is 2.52. The number of hydrogen-bond acceptors (Lipinski definition) is 3. The van der Waals surface area contributed by atoms with Crippen LogP contribution in [0.4, 0.5) is 34.1 Å². The zero-order valence-corrected chi connectivity index (χ0v) is 34.5. The first-order chi connectivity index (χ1) is 31.3. The molecule has 0 saturated carbocycles. The van der Waals surface area contributed by atoms with Gasteiger partial charge >= 0.3 is 0 Å². The van der Waals surface area contributed by atoms with Gasteiger partial charge in [0.1, 0.15) is 0 Å². The SMILES string of the molecule is c1ccc(B2c3ccccc3N(c3cccc4ccccc34)c3cc4c5c(c32)N(c2ccncc2)c2ccccc2B5c2ccccc2C4(c2ccccc2)c2ccccc2)cc1. The standard InChI is InChI=1S/C58H39B2N3/c1-4-21-41(22-5-1)58(42-23-6-2-7-24-42)46-28-12-13-29-48(46)60-50-31-15-16-32-52(50)62(44-35-37-61-38-36-44)57-55(60)47(58)39-54-56(57)59(43-25-8-3-9-26-43)49-30-14-17-33-53(49)63(54)51-34-18-20-40-19-10-11-27-45(40)51/h1-39H. The smallest absolute Gasteiger partial charge is 0.249 e. The minimum atomic E-state index is -0.672. The number of benzene rings is 9. The molecule has 0 spiro atoms. The molecule has 1 aromatic heterocycles. The van der Waals surface area contributed by atoms with Crippen LogP contribution in [0, 0.1) is 0 Å². The molecule has 292 valence electrons. The van der Waals surface area contributed by atoms with E-state index < -0.39 is 5.41 Å². The Kier molecular flexibility index (Phi) is 8.01. The van der Waals surface area contributed by atoms with Gasteiger partial charge in [-0.25, -0.2) is 0 Å². The van der Waals surface area contributed by atoms with E-state index in [1.165, 1.54) is 88.6 Å². The molecule has 0 bridgehead atoms. The lowest BCUT2D eigenvalue weighted by atomic mass is 9.27. The van der Waals surface area contributed by atoms with Crippen LogP contribution in [0.25, 0.3) is 10.8 Å². The zero-order valence-electron chi connectivity index (χ0n) is 34.5. The van der Waals surface area contributed by atoms with E-state index >= 15 is 0 Å². The molecule has 3 aliphatic heterocycles. The molecule has 0 radical (unpaired) electrons. The molecule has 5 heteroatoms. The van der Waals surface area contributed by atoms with Gasteiger partial charge in [-0.05, 0) is 85.9 Å². The normalized spacial score (nSPS) is 14.0. The molecule has 10 aromatic rings. The quantitative estimate of drug-likeness (QED) is 0.162. The Morgan fingerprint density at radius 3 is 1.63 bits per heavy atom. The van der Waals surface area contributed by atoms with Gasteiger partial charge in [-0.15, -0.1) is 0 Å². The lowest BCUT2D eigenvalue weighted by molar-refractivity contribution is 0.751. The van der Waals surface area contributed by atoms with Gasteiger partial charge in [0.25, 0.3) is 0 Å². The summed E-state index contributed by atoms with van der Waals surface area (Å²) < 4.78 is 0. The predicted octanol–water partition coefficient (Wildman–Crippen LogP) is 9.53. The van der Waals surface area contributed by atoms with Crippen LogP contribution < -0.4 is 42.6 Å². The van der Waals surface area contributed by atoms with Crippen LogP contribution in [0.3, 0.4) is 0 Å². The van der Waals surface area contributed by atoms with Crippen molar-refractivity contribution in [2.75, 3.05) is 9.80 Å². The van der Waals surface area contributed by atoms with E-state index in [0.29, 0.717) is 0 Å². The molecule has 0 amide bonds. The maximum absolute atomic E-state index is 4.57. The highest BCUT2D eigenvalue weighted by atomic mass is 15.2. The monoisotopic (exact) mass is 799 g/mol. The summed E-state index contributed by atoms with van der Waals surface area (Å²) in [6.07, 6.45) is 3.87. The van der Waals surface area contributed by atoms with Crippen LogP contribution in [-0.2, 0) is 5.41 Å². The first-order valence-corrected chi connectivity index (χ1v) is 21.9. The van der Waals surface area contributed by atoms with E-state index in [0.717, 1.165) is 11.4 Å². The van der Waals surface area contributed by atoms with Gasteiger partial charge in [0, 0.05) is 46.2 Å². The average molecular weight is 800 g/mol. The van der Waals surface area contributed by atoms with E-state index in [4.69, 9.17) is 0 Å². The molecular formula is C58H39B2N3. The van der Waals surface area contributed by atoms with Crippen LogP contribution >= 0.6 is 0 Å². The van der Waals surface area contributed by atoms with Crippen molar-refractivity contribution < 1.29 is 0 Å². The summed E-state index contributed by atoms with van der Waals surface area (Å²) in [6, 6.07) is 83.8. The molecule has 4 heterocycles. The number of para-hydroxylation sites is 2. The summed E-state index contributed by atoms with van der Waals surface area (Å²) in [7, 11) is 0. The topological polar surface area (TPSA) is 19.4 Å². The van der Waals surface area contributed by atoms with Crippen LogP contribution in [0.2, 0.25) is 0 Å². The van der Waals surface area contributed by atoms with Crippen molar-refractivity contribution in [1.82, 2.24) is 4.98 Å². The van der Waals surface area contributed by atoms with E-state index in [1.54, 1.807) is 0 Å². The van der Waals surface area contributed by atoms with Crippen LogP contribution in [-0.4, -0.2) is 18.4 Å². The maximum atomic E-state index is 4.57. The second kappa shape index (κ2) is 14.1. The van der Waals surface area contributed by atoms with Crippen LogP contribution in [0.1, 0.15) is 22.3 Å². The average Bonchev–Trinajstić information content (AvgIpc) is 3.36. The third-order valence-corrected chi connectivity index (χ3v) is 13.9. The summed E-state index contributed by atoms with van der Waals surface area (Å²) in [5.74, 6) is 0. The molecule has 3 aliphatic rings. The molecule has 9 aromatic carbocycles. The van der Waals surface area contributed by atoms with Crippen molar-refractivity contribution in [1.29, 1.82) is 0 Å². The van der Waals surface area contributed by atoms with Gasteiger partial charge in [-0.1, -0.05) is 199 Å². The Morgan fingerprint density at radius 1 is 0.381 bits per heavy atom. The van der Waals surface area contributed by atoms with E-state index in [2.05, 4.69) is 239 Å². The number of fused-ring (bicyclic) bond motifs is 8. The van der Waals surface area contributed by atoms with Crippen molar-refractivity contribution in [3.63, 3.8) is 0 Å². The van der Waals surface area contributed by atoms with Gasteiger partial charge in [0.2, 0.25) is 13.4 Å². The number of pyridine rings is 1. The van der Waals surface area contributed by atoms with Gasteiger partial charge < -0.3 is 9.80 Å². The second-order valence-corrected chi connectivity index (χ2v) is 17.0. The maximum Gasteiger partial charge on any atom is 0.249 e. The predicted molar refractivity (Wildman–Crippen MR) is 265 cm³/mol. The fourth-order valence-corrected chi connectivity index (χ4v) is 11.6. The van der Waals surface area contributed by atoms with Gasteiger partial charge in [-0.3, -0.25) is 4.98 Å². The summed E-state index contributed by atoms with van der Waals surface area (Å²) in [4.78, 5) is 9.73. The van der Waals surface area contributed by atoms with Crippen molar-refractivity contribution >= 4 is 91.1 Å². The Bertz CT molecular complexity index is 3330. The largest absolute Gasteiger partial charge is 0.312 e. The van der Waals surface area contributed by atoms with E-state index in [1.807, 2.05) is 12.4 Å². The Balaban J connectivity index is 1.30. The second-order valence-electron chi connectivity index (χ2n) is 17.0. The summed E-state index contributed by atoms with van der Waals surface area (Å²) >= 11 is 0. The first-order valence-electron chi connectivity index (χ1n) is 21.9. The van der Waals surface area contributed by atoms with Gasteiger partial charge in [0.15, 0.2) is 0 Å². The number of rotatable bonds is 5. The van der Waals surface area contributed by atoms with Crippen molar-refractivity contribution in [3.05, 3.63) is 259 Å². The van der Waals surface area contributed by atoms with Gasteiger partial charge in [0.05, 0.1) is 11.1 Å². The fraction of sp³-hybridized carbons (Fsp3) is 0.0172. The highest BCUT2D eigenvalue weighted by molar-refractivity contribution is 7.02. The van der Waals surface area contributed by atoms with Crippen molar-refractivity contribution in [2.45, 2.75) is 5.41 Å². The van der Waals surface area contributed by atoms with Crippen molar-refractivity contribution in [2.24, 2.45) is 0 Å². The zero-order chi connectivity index (χ0) is 41.5. The molecule has 0 atom stereocenters. The minimum Gasteiger partial charge on any atom is -0.312 e. The molecule has 0 N–H and O–H groups in total. The Morgan fingerprint density at radius 2 is 0.921 bits per heavy atom. The summed E-state index contributed by atoms with van der Waals surface area (Å²) in [6.45, 7) is -0.120. The summed E-state index contributed by atoms with van der Waals surface area (Å²) in [5.41, 5.74) is 19.2. The number of aromatic nitrogens is 1. The molecule has 63 heavy (non-hydrogen) atoms. The molecule has 0 unspecified atom stereocenters. The highest BCUT2D eigenvalue weighted by Gasteiger charge is 2.54. The molecule has 13 rings (SSSR count). The van der Waals surface area contributed by atoms with E-state index in [9.17, 15) is 0 Å². The third kappa shape index (κ3) is 5.08. The number of anilines is 6. The Labute approximate surface area is 368 Å². The molecule has 0 saturated heterocycles. The molecule has 0 aliphatic carbocycles. The molecular weight excluding hydrogens is 760 g/mol. The molecule has 0 fully saturated rings. The lowest BCUT2D eigenvalue weighted by Gasteiger charge is -2.51. The van der Waals surface area contributed by atoms with Crippen LogP contribution in [0.15, 0.2) is 237 Å². The number of hydrogen-bond donors (Lipinski definition) is 0. The number of nitrogens with zero attached hydrogens (tertiary/aromatic N) is 3. The fourth-order valence-electron chi connectivity index (χ4n) is 11.6.